The highest BCUT2D eigenvalue weighted by Gasteiger charge is 2.05. The largest absolute Gasteiger partial charge is 0.357 e. The smallest absolute Gasteiger partial charge is 0.251 e. The third-order valence-electron chi connectivity index (χ3n) is 3.20. The van der Waals surface area contributed by atoms with Crippen LogP contribution in [0.3, 0.4) is 0 Å². The lowest BCUT2D eigenvalue weighted by Crippen LogP contribution is -2.41. The van der Waals surface area contributed by atoms with E-state index in [-0.39, 0.29) is 5.91 Å². The summed E-state index contributed by atoms with van der Waals surface area (Å²) in [5, 5.41) is 10.3. The number of carbonyl (C=O) groups excluding carboxylic acids is 1. The van der Waals surface area contributed by atoms with Gasteiger partial charge in [0.1, 0.15) is 5.01 Å². The fourth-order valence-corrected chi connectivity index (χ4v) is 3.00. The SMILES string of the molecule is CCNC(=NCc1ncc(C)s1)NCCNC(=O)c1ccc(Br)cc1. The first-order chi connectivity index (χ1) is 12.1. The molecule has 6 nitrogen and oxygen atoms in total. The molecule has 0 unspecified atom stereocenters. The first-order valence-electron chi connectivity index (χ1n) is 8.05. The summed E-state index contributed by atoms with van der Waals surface area (Å²) in [5.41, 5.74) is 0.642. The van der Waals surface area contributed by atoms with E-state index < -0.39 is 0 Å². The lowest BCUT2D eigenvalue weighted by atomic mass is 10.2. The summed E-state index contributed by atoms with van der Waals surface area (Å²) in [6.45, 7) is 6.45. The number of hydrogen-bond acceptors (Lipinski definition) is 4. The normalized spacial score (nSPS) is 11.2. The number of nitrogens with zero attached hydrogens (tertiary/aromatic N) is 2. The van der Waals surface area contributed by atoms with E-state index in [0.717, 1.165) is 16.0 Å². The number of hydrogen-bond donors (Lipinski definition) is 3. The topological polar surface area (TPSA) is 78.4 Å². The van der Waals surface area contributed by atoms with Crippen molar-refractivity contribution in [2.24, 2.45) is 4.99 Å². The third-order valence-corrected chi connectivity index (χ3v) is 4.62. The molecule has 0 aliphatic carbocycles. The van der Waals surface area contributed by atoms with Gasteiger partial charge in [0.05, 0.1) is 6.54 Å². The second-order valence-electron chi connectivity index (χ2n) is 5.25. The Morgan fingerprint density at radius 2 is 1.92 bits per heavy atom. The van der Waals surface area contributed by atoms with Crippen LogP contribution >= 0.6 is 27.3 Å². The molecule has 0 atom stereocenters. The highest BCUT2D eigenvalue weighted by Crippen LogP contribution is 2.12. The summed E-state index contributed by atoms with van der Waals surface area (Å²) in [4.78, 5) is 22.0. The van der Waals surface area contributed by atoms with Crippen molar-refractivity contribution in [3.63, 3.8) is 0 Å². The minimum Gasteiger partial charge on any atom is -0.357 e. The van der Waals surface area contributed by atoms with E-state index in [0.29, 0.717) is 31.2 Å². The van der Waals surface area contributed by atoms with Crippen molar-refractivity contribution in [1.29, 1.82) is 0 Å². The Morgan fingerprint density at radius 1 is 1.20 bits per heavy atom. The van der Waals surface area contributed by atoms with Crippen molar-refractivity contribution in [3.05, 3.63) is 50.4 Å². The number of guanidine groups is 1. The van der Waals surface area contributed by atoms with Crippen molar-refractivity contribution >= 4 is 39.1 Å². The van der Waals surface area contributed by atoms with Gasteiger partial charge in [-0.3, -0.25) is 4.79 Å². The standard InChI is InChI=1S/C17H22BrN5OS/c1-3-19-17(23-11-15-22-10-12(2)25-15)21-9-8-20-16(24)13-4-6-14(18)7-5-13/h4-7,10H,3,8-9,11H2,1-2H3,(H,20,24)(H2,19,21,23). The number of aryl methyl sites for hydroxylation is 1. The molecule has 0 spiro atoms. The molecule has 2 aromatic rings. The Morgan fingerprint density at radius 3 is 2.56 bits per heavy atom. The maximum absolute atomic E-state index is 12.0. The number of halogens is 1. The van der Waals surface area contributed by atoms with Gasteiger partial charge in [-0.2, -0.15) is 0 Å². The van der Waals surface area contributed by atoms with Crippen LogP contribution in [0.1, 0.15) is 27.2 Å². The fourth-order valence-electron chi connectivity index (χ4n) is 2.02. The van der Waals surface area contributed by atoms with Crippen LogP contribution in [-0.2, 0) is 6.54 Å². The molecule has 1 heterocycles. The Labute approximate surface area is 160 Å². The summed E-state index contributed by atoms with van der Waals surface area (Å²) in [7, 11) is 0. The predicted molar refractivity (Wildman–Crippen MR) is 106 cm³/mol. The second kappa shape index (κ2) is 10.1. The van der Waals surface area contributed by atoms with E-state index in [9.17, 15) is 4.79 Å². The average molecular weight is 424 g/mol. The molecule has 8 heteroatoms. The molecule has 0 fully saturated rings. The van der Waals surface area contributed by atoms with Gasteiger partial charge in [0.15, 0.2) is 5.96 Å². The van der Waals surface area contributed by atoms with E-state index >= 15 is 0 Å². The average Bonchev–Trinajstić information content (AvgIpc) is 3.02. The van der Waals surface area contributed by atoms with Gasteiger partial charge in [0.2, 0.25) is 0 Å². The Bertz CT molecular complexity index is 714. The van der Waals surface area contributed by atoms with E-state index in [2.05, 4.69) is 41.9 Å². The van der Waals surface area contributed by atoms with Crippen molar-refractivity contribution in [2.45, 2.75) is 20.4 Å². The van der Waals surface area contributed by atoms with Crippen LogP contribution in [0.15, 0.2) is 39.9 Å². The van der Waals surface area contributed by atoms with Gasteiger partial charge in [0, 0.05) is 40.7 Å². The molecule has 1 aromatic heterocycles. The molecule has 134 valence electrons. The minimum atomic E-state index is -0.0884. The van der Waals surface area contributed by atoms with Crippen LogP contribution in [0, 0.1) is 6.92 Å². The van der Waals surface area contributed by atoms with E-state index in [1.54, 1.807) is 23.5 Å². The fraction of sp³-hybridized carbons (Fsp3) is 0.353. The van der Waals surface area contributed by atoms with Crippen LogP contribution in [-0.4, -0.2) is 36.5 Å². The Hall–Kier alpha value is -1.93. The number of rotatable bonds is 7. The van der Waals surface area contributed by atoms with E-state index in [1.807, 2.05) is 32.2 Å². The molecule has 0 aliphatic rings. The molecule has 0 saturated carbocycles. The highest BCUT2D eigenvalue weighted by atomic mass is 79.9. The van der Waals surface area contributed by atoms with Crippen LogP contribution in [0.2, 0.25) is 0 Å². The summed E-state index contributed by atoms with van der Waals surface area (Å²) >= 11 is 5.00. The molecule has 0 bridgehead atoms. The van der Waals surface area contributed by atoms with Gasteiger partial charge in [-0.25, -0.2) is 9.98 Å². The van der Waals surface area contributed by atoms with Crippen molar-refractivity contribution in [3.8, 4) is 0 Å². The van der Waals surface area contributed by atoms with E-state index in [1.165, 1.54) is 4.88 Å². The molecule has 0 saturated heterocycles. The maximum Gasteiger partial charge on any atom is 0.251 e. The van der Waals surface area contributed by atoms with Gasteiger partial charge in [-0.15, -0.1) is 11.3 Å². The molecular weight excluding hydrogens is 402 g/mol. The molecule has 3 N–H and O–H groups in total. The highest BCUT2D eigenvalue weighted by molar-refractivity contribution is 9.10. The van der Waals surface area contributed by atoms with E-state index in [4.69, 9.17) is 0 Å². The third kappa shape index (κ3) is 6.83. The van der Waals surface area contributed by atoms with Gasteiger partial charge in [0.25, 0.3) is 5.91 Å². The number of carbonyl (C=O) groups is 1. The lowest BCUT2D eigenvalue weighted by molar-refractivity contribution is 0.0954. The van der Waals surface area contributed by atoms with Crippen LogP contribution in [0.5, 0.6) is 0 Å². The van der Waals surface area contributed by atoms with Gasteiger partial charge in [-0.05, 0) is 38.1 Å². The molecule has 25 heavy (non-hydrogen) atoms. The van der Waals surface area contributed by atoms with Crippen molar-refractivity contribution in [2.75, 3.05) is 19.6 Å². The number of nitrogens with one attached hydrogen (secondary N) is 3. The number of thiazole rings is 1. The van der Waals surface area contributed by atoms with Gasteiger partial charge in [-0.1, -0.05) is 15.9 Å². The first-order valence-corrected chi connectivity index (χ1v) is 9.66. The number of benzene rings is 1. The van der Waals surface area contributed by atoms with Crippen molar-refractivity contribution < 1.29 is 4.79 Å². The summed E-state index contributed by atoms with van der Waals surface area (Å²) < 4.78 is 0.952. The molecular formula is C17H22BrN5OS. The van der Waals surface area contributed by atoms with Crippen LogP contribution < -0.4 is 16.0 Å². The summed E-state index contributed by atoms with van der Waals surface area (Å²) in [6, 6.07) is 7.27. The molecule has 0 aliphatic heterocycles. The number of amides is 1. The molecule has 1 aromatic carbocycles. The van der Waals surface area contributed by atoms with Crippen LogP contribution in [0.4, 0.5) is 0 Å². The number of aliphatic imine (C=N–C) groups is 1. The quantitative estimate of drug-likeness (QED) is 0.363. The number of aromatic nitrogens is 1. The zero-order valence-electron chi connectivity index (χ0n) is 14.3. The summed E-state index contributed by atoms with van der Waals surface area (Å²) in [5.74, 6) is 0.628. The predicted octanol–water partition coefficient (Wildman–Crippen LogP) is 2.70. The minimum absolute atomic E-state index is 0.0884. The Kier molecular flexibility index (Phi) is 7.87. The lowest BCUT2D eigenvalue weighted by Gasteiger charge is -2.11. The zero-order chi connectivity index (χ0) is 18.1. The monoisotopic (exact) mass is 423 g/mol. The maximum atomic E-state index is 12.0. The van der Waals surface area contributed by atoms with Crippen molar-refractivity contribution in [1.82, 2.24) is 20.9 Å². The van der Waals surface area contributed by atoms with Crippen LogP contribution in [0.25, 0.3) is 0 Å². The molecule has 2 rings (SSSR count). The first kappa shape index (κ1) is 19.4. The zero-order valence-corrected chi connectivity index (χ0v) is 16.7. The Balaban J connectivity index is 1.76. The second-order valence-corrected chi connectivity index (χ2v) is 7.48. The molecule has 0 radical (unpaired) electrons. The summed E-state index contributed by atoms with van der Waals surface area (Å²) in [6.07, 6.45) is 1.85. The molecule has 1 amide bonds. The van der Waals surface area contributed by atoms with Gasteiger partial charge >= 0.3 is 0 Å². The van der Waals surface area contributed by atoms with Gasteiger partial charge < -0.3 is 16.0 Å².